The molecule has 2 fully saturated rings. The van der Waals surface area contributed by atoms with Crippen LogP contribution < -0.4 is 5.32 Å². The molecule has 3 amide bonds. The average molecular weight is 296 g/mol. The zero-order valence-corrected chi connectivity index (χ0v) is 11.3. The Labute approximate surface area is 118 Å². The van der Waals surface area contributed by atoms with Crippen molar-refractivity contribution in [3.63, 3.8) is 0 Å². The van der Waals surface area contributed by atoms with E-state index in [1.54, 1.807) is 4.68 Å². The summed E-state index contributed by atoms with van der Waals surface area (Å²) in [4.78, 5) is 35.6. The number of nitrogens with one attached hydrogen (secondary N) is 1. The van der Waals surface area contributed by atoms with Crippen molar-refractivity contribution in [2.75, 3.05) is 18.8 Å². The summed E-state index contributed by atoms with van der Waals surface area (Å²) in [7, 11) is 0. The lowest BCUT2D eigenvalue weighted by molar-refractivity contribution is -0.144. The van der Waals surface area contributed by atoms with Crippen LogP contribution in [0.3, 0.4) is 0 Å². The topological polar surface area (TPSA) is 110 Å². The molecule has 1 saturated carbocycles. The molecule has 20 heavy (non-hydrogen) atoms. The van der Waals surface area contributed by atoms with Gasteiger partial charge >= 0.3 is 0 Å². The van der Waals surface area contributed by atoms with Gasteiger partial charge in [-0.15, -0.1) is 5.10 Å². The van der Waals surface area contributed by atoms with Gasteiger partial charge in [-0.05, 0) is 23.3 Å². The number of rotatable bonds is 4. The van der Waals surface area contributed by atoms with E-state index in [1.165, 1.54) is 16.7 Å². The van der Waals surface area contributed by atoms with Gasteiger partial charge in [0.25, 0.3) is 0 Å². The third kappa shape index (κ3) is 2.79. The zero-order chi connectivity index (χ0) is 14.1. The molecule has 0 unspecified atom stereocenters. The van der Waals surface area contributed by atoms with Gasteiger partial charge < -0.3 is 4.90 Å². The molecule has 0 bridgehead atoms. The number of carbonyl (C=O) groups is 3. The molecule has 106 valence electrons. The quantitative estimate of drug-likeness (QED) is 0.536. The van der Waals surface area contributed by atoms with E-state index in [0.717, 1.165) is 12.8 Å². The van der Waals surface area contributed by atoms with Gasteiger partial charge in [-0.3, -0.25) is 19.7 Å². The van der Waals surface area contributed by atoms with Crippen LogP contribution in [0.1, 0.15) is 18.9 Å². The van der Waals surface area contributed by atoms with Crippen molar-refractivity contribution in [2.24, 2.45) is 0 Å². The third-order valence-corrected chi connectivity index (χ3v) is 3.90. The summed E-state index contributed by atoms with van der Waals surface area (Å²) in [6, 6.07) is 0.338. The van der Waals surface area contributed by atoms with Crippen LogP contribution in [0.25, 0.3) is 0 Å². The largest absolute Gasteiger partial charge is 0.323 e. The summed E-state index contributed by atoms with van der Waals surface area (Å²) in [6.45, 7) is -0.169. The molecule has 1 saturated heterocycles. The summed E-state index contributed by atoms with van der Waals surface area (Å²) in [5.41, 5.74) is 0. The van der Waals surface area contributed by atoms with Gasteiger partial charge in [0.1, 0.15) is 13.1 Å². The van der Waals surface area contributed by atoms with Crippen LogP contribution in [0.4, 0.5) is 0 Å². The molecule has 2 heterocycles. The second-order valence-electron chi connectivity index (χ2n) is 4.65. The summed E-state index contributed by atoms with van der Waals surface area (Å²) < 4.78 is 1.71. The molecule has 1 aromatic rings. The van der Waals surface area contributed by atoms with Crippen molar-refractivity contribution in [2.45, 2.75) is 24.0 Å². The zero-order valence-electron chi connectivity index (χ0n) is 10.5. The molecule has 0 aromatic carbocycles. The summed E-state index contributed by atoms with van der Waals surface area (Å²) >= 11 is 1.22. The fourth-order valence-electron chi connectivity index (χ4n) is 1.86. The maximum atomic E-state index is 12.0. The summed E-state index contributed by atoms with van der Waals surface area (Å²) in [5.74, 6) is -1.08. The van der Waals surface area contributed by atoms with E-state index < -0.39 is 11.8 Å². The van der Waals surface area contributed by atoms with E-state index in [0.29, 0.717) is 11.2 Å². The van der Waals surface area contributed by atoms with Crippen LogP contribution in [0.5, 0.6) is 0 Å². The highest BCUT2D eigenvalue weighted by Gasteiger charge is 2.29. The molecular weight excluding hydrogens is 284 g/mol. The summed E-state index contributed by atoms with van der Waals surface area (Å²) in [5, 5.41) is 14.1. The first-order chi connectivity index (χ1) is 9.63. The van der Waals surface area contributed by atoms with Crippen molar-refractivity contribution < 1.29 is 14.4 Å². The Bertz CT molecular complexity index is 553. The predicted molar refractivity (Wildman–Crippen MR) is 66.5 cm³/mol. The molecule has 1 N–H and O–H groups in total. The lowest BCUT2D eigenvalue weighted by Crippen LogP contribution is -2.53. The van der Waals surface area contributed by atoms with E-state index in [2.05, 4.69) is 20.8 Å². The number of hydrogen-bond acceptors (Lipinski definition) is 7. The van der Waals surface area contributed by atoms with Crippen LogP contribution in [0.2, 0.25) is 0 Å². The average Bonchev–Trinajstić information content (AvgIpc) is 3.14. The van der Waals surface area contributed by atoms with E-state index in [1.807, 2.05) is 0 Å². The van der Waals surface area contributed by atoms with Gasteiger partial charge in [-0.1, -0.05) is 11.8 Å². The van der Waals surface area contributed by atoms with Gasteiger partial charge in [-0.25, -0.2) is 4.68 Å². The molecule has 1 aliphatic carbocycles. The minimum absolute atomic E-state index is 0.0846. The normalized spacial score (nSPS) is 19.1. The second-order valence-corrected chi connectivity index (χ2v) is 5.59. The fourth-order valence-corrected chi connectivity index (χ4v) is 2.71. The molecular formula is C10H12N6O3S. The van der Waals surface area contributed by atoms with E-state index >= 15 is 0 Å². The SMILES string of the molecule is O=C1CN(C(=O)CSc2nnnn2C2CC2)CC(=O)N1. The maximum absolute atomic E-state index is 12.0. The molecule has 1 aliphatic heterocycles. The Morgan fingerprint density at radius 1 is 1.30 bits per heavy atom. The Morgan fingerprint density at radius 3 is 2.65 bits per heavy atom. The fraction of sp³-hybridized carbons (Fsp3) is 0.600. The van der Waals surface area contributed by atoms with Gasteiger partial charge in [-0.2, -0.15) is 0 Å². The highest BCUT2D eigenvalue weighted by atomic mass is 32.2. The van der Waals surface area contributed by atoms with Crippen LogP contribution in [0, 0.1) is 0 Å². The molecule has 9 nitrogen and oxygen atoms in total. The number of thioether (sulfide) groups is 1. The highest BCUT2D eigenvalue weighted by Crippen LogP contribution is 2.36. The van der Waals surface area contributed by atoms with Crippen LogP contribution in [-0.4, -0.2) is 61.7 Å². The van der Waals surface area contributed by atoms with Gasteiger partial charge in [0.05, 0.1) is 11.8 Å². The van der Waals surface area contributed by atoms with Crippen molar-refractivity contribution in [3.8, 4) is 0 Å². The van der Waals surface area contributed by atoms with Crippen molar-refractivity contribution in [3.05, 3.63) is 0 Å². The molecule has 2 aliphatic rings. The Morgan fingerprint density at radius 2 is 2.00 bits per heavy atom. The standard InChI is InChI=1S/C10H12N6O3S/c17-7-3-15(4-8(18)11-7)9(19)5-20-10-12-13-14-16(10)6-1-2-6/h6H,1-5H2,(H,11,17,18). The number of aromatic nitrogens is 4. The first kappa shape index (κ1) is 13.0. The molecule has 0 radical (unpaired) electrons. The molecule has 0 atom stereocenters. The number of nitrogens with zero attached hydrogens (tertiary/aromatic N) is 5. The monoisotopic (exact) mass is 296 g/mol. The third-order valence-electron chi connectivity index (χ3n) is 2.98. The highest BCUT2D eigenvalue weighted by molar-refractivity contribution is 7.99. The van der Waals surface area contributed by atoms with Crippen LogP contribution in [-0.2, 0) is 14.4 Å². The maximum Gasteiger partial charge on any atom is 0.246 e. The number of tetrazole rings is 1. The summed E-state index contributed by atoms with van der Waals surface area (Å²) in [6.07, 6.45) is 2.10. The number of hydrogen-bond donors (Lipinski definition) is 1. The second kappa shape index (κ2) is 5.19. The molecule has 0 spiro atoms. The van der Waals surface area contributed by atoms with E-state index in [-0.39, 0.29) is 24.7 Å². The Balaban J connectivity index is 1.57. The lowest BCUT2D eigenvalue weighted by atomic mass is 10.3. The predicted octanol–water partition coefficient (Wildman–Crippen LogP) is -1.41. The minimum Gasteiger partial charge on any atom is -0.323 e. The number of imide groups is 1. The van der Waals surface area contributed by atoms with Gasteiger partial charge in [0, 0.05) is 0 Å². The molecule has 3 rings (SSSR count). The molecule has 1 aromatic heterocycles. The number of carbonyl (C=O) groups excluding carboxylic acids is 3. The molecule has 10 heteroatoms. The van der Waals surface area contributed by atoms with Crippen LogP contribution in [0.15, 0.2) is 5.16 Å². The smallest absolute Gasteiger partial charge is 0.246 e. The van der Waals surface area contributed by atoms with Crippen molar-refractivity contribution >= 4 is 29.5 Å². The Kier molecular flexibility index (Phi) is 3.38. The minimum atomic E-state index is -0.456. The van der Waals surface area contributed by atoms with Crippen molar-refractivity contribution in [1.82, 2.24) is 30.4 Å². The van der Waals surface area contributed by atoms with Gasteiger partial charge in [0.2, 0.25) is 22.9 Å². The first-order valence-corrected chi connectivity index (χ1v) is 7.13. The first-order valence-electron chi connectivity index (χ1n) is 6.14. The number of piperazine rings is 1. The van der Waals surface area contributed by atoms with Gasteiger partial charge in [0.15, 0.2) is 0 Å². The van der Waals surface area contributed by atoms with E-state index in [4.69, 9.17) is 0 Å². The Hall–Kier alpha value is -1.97. The lowest BCUT2D eigenvalue weighted by Gasteiger charge is -2.25. The van der Waals surface area contributed by atoms with E-state index in [9.17, 15) is 14.4 Å². The van der Waals surface area contributed by atoms with Crippen LogP contribution >= 0.6 is 11.8 Å². The van der Waals surface area contributed by atoms with Crippen molar-refractivity contribution in [1.29, 1.82) is 0 Å². The number of amides is 3.